The van der Waals surface area contributed by atoms with Crippen molar-refractivity contribution < 1.29 is 36.4 Å². The third kappa shape index (κ3) is 12.4. The van der Waals surface area contributed by atoms with Crippen LogP contribution >= 0.6 is 0 Å². The summed E-state index contributed by atoms with van der Waals surface area (Å²) in [7, 11) is -12.0. The van der Waals surface area contributed by atoms with Gasteiger partial charge in [-0.05, 0) is 109 Å². The summed E-state index contributed by atoms with van der Waals surface area (Å²) in [5.74, 6) is 3.83. The second-order valence-corrected chi connectivity index (χ2v) is 49.2. The van der Waals surface area contributed by atoms with Crippen LogP contribution in [0.15, 0.2) is 24.3 Å². The lowest BCUT2D eigenvalue weighted by molar-refractivity contribution is -0.155. The standard InChI is InChI=1S/C49H90O8Si5/c1-27-28-42(50)51-39-33-36-37(31-35(53-58(17,18)45(2,3)4)32-38(36)54-59(19,20)46(5,6)7)52-43(39)34-29-40(55-60(21,22)47(8,9)10)44(57-62(25,26)49(14,15)16)41(30-34)56-61(23,24)48(11,12)13/h29-32,39,43H,27-28,33H2,1-26H3/t39-,43-/m1/s1. The molecule has 0 spiro atoms. The lowest BCUT2D eigenvalue weighted by Gasteiger charge is -2.42. The van der Waals surface area contributed by atoms with Crippen molar-refractivity contribution in [2.24, 2.45) is 0 Å². The van der Waals surface area contributed by atoms with Crippen molar-refractivity contribution in [3.05, 3.63) is 35.4 Å². The van der Waals surface area contributed by atoms with Gasteiger partial charge in [0.15, 0.2) is 11.9 Å². The zero-order chi connectivity index (χ0) is 48.3. The van der Waals surface area contributed by atoms with Crippen LogP contribution in [0.4, 0.5) is 0 Å². The topological polar surface area (TPSA) is 81.7 Å². The van der Waals surface area contributed by atoms with E-state index in [2.05, 4.69) is 188 Å². The van der Waals surface area contributed by atoms with E-state index in [1.165, 1.54) is 0 Å². The molecular weight excluding hydrogens is 857 g/mol. The molecule has 1 aliphatic heterocycles. The monoisotopic (exact) mass is 947 g/mol. The Kier molecular flexibility index (Phi) is 15.6. The first kappa shape index (κ1) is 54.1. The molecule has 62 heavy (non-hydrogen) atoms. The van der Waals surface area contributed by atoms with Gasteiger partial charge in [-0.3, -0.25) is 4.79 Å². The van der Waals surface area contributed by atoms with E-state index >= 15 is 0 Å². The number of benzene rings is 2. The number of fused-ring (bicyclic) bond motifs is 1. The average Bonchev–Trinajstić information content (AvgIpc) is 3.03. The molecule has 0 aromatic heterocycles. The first-order valence-electron chi connectivity index (χ1n) is 23.1. The number of hydrogen-bond donors (Lipinski definition) is 0. The Bertz CT molecular complexity index is 1850. The average molecular weight is 948 g/mol. The number of ether oxygens (including phenoxy) is 2. The zero-order valence-corrected chi connectivity index (χ0v) is 49.4. The second-order valence-electron chi connectivity index (χ2n) is 25.6. The Hall–Kier alpha value is -2.21. The van der Waals surface area contributed by atoms with Gasteiger partial charge in [0.25, 0.3) is 25.0 Å². The maximum atomic E-state index is 13.6. The van der Waals surface area contributed by atoms with Gasteiger partial charge < -0.3 is 31.6 Å². The fourth-order valence-corrected chi connectivity index (χ4v) is 10.6. The van der Waals surface area contributed by atoms with Crippen molar-refractivity contribution in [2.75, 3.05) is 0 Å². The van der Waals surface area contributed by atoms with E-state index in [1.807, 2.05) is 13.0 Å². The Morgan fingerprint density at radius 1 is 0.548 bits per heavy atom. The molecule has 0 fully saturated rings. The van der Waals surface area contributed by atoms with Gasteiger partial charge in [0.2, 0.25) is 16.6 Å². The SMILES string of the molecule is CCCC(=O)O[C@@H]1Cc2c(cc(O[Si](C)(C)C(C)(C)C)cc2O[Si](C)(C)C(C)(C)C)O[C@@H]1c1cc(O[Si](C)(C)C(C)(C)C)c(O[Si](C)(C)C(C)(C)C)c(O[Si](C)(C)C(C)(C)C)c1. The van der Waals surface area contributed by atoms with E-state index in [9.17, 15) is 4.79 Å². The highest BCUT2D eigenvalue weighted by Crippen LogP contribution is 2.53. The Morgan fingerprint density at radius 2 is 0.919 bits per heavy atom. The predicted molar refractivity (Wildman–Crippen MR) is 274 cm³/mol. The molecule has 0 N–H and O–H groups in total. The molecule has 13 heteroatoms. The molecule has 2 aromatic carbocycles. The van der Waals surface area contributed by atoms with Gasteiger partial charge in [-0.15, -0.1) is 0 Å². The van der Waals surface area contributed by atoms with Gasteiger partial charge >= 0.3 is 5.97 Å². The van der Waals surface area contributed by atoms with Crippen molar-refractivity contribution in [3.8, 4) is 34.5 Å². The van der Waals surface area contributed by atoms with Crippen LogP contribution in [0.1, 0.15) is 141 Å². The van der Waals surface area contributed by atoms with Crippen LogP contribution in [0.2, 0.25) is 90.7 Å². The highest BCUT2D eigenvalue weighted by atomic mass is 28.4. The minimum Gasteiger partial charge on any atom is -0.543 e. The number of carbonyl (C=O) groups excluding carboxylic acids is 1. The lowest BCUT2D eigenvalue weighted by atomic mass is 9.93. The molecule has 0 saturated heterocycles. The van der Waals surface area contributed by atoms with Crippen LogP contribution in [-0.2, 0) is 16.0 Å². The van der Waals surface area contributed by atoms with Crippen LogP contribution in [0.5, 0.6) is 34.5 Å². The molecule has 0 bridgehead atoms. The Balaban J connectivity index is 2.53. The molecule has 8 nitrogen and oxygen atoms in total. The van der Waals surface area contributed by atoms with Crippen molar-refractivity contribution in [2.45, 2.75) is 233 Å². The minimum atomic E-state index is -2.45. The van der Waals surface area contributed by atoms with E-state index in [1.54, 1.807) is 0 Å². The summed E-state index contributed by atoms with van der Waals surface area (Å²) in [6.07, 6.45) is 0.0257. The Morgan fingerprint density at radius 3 is 1.31 bits per heavy atom. The molecule has 0 radical (unpaired) electrons. The minimum absolute atomic E-state index is 0.0271. The first-order valence-corrected chi connectivity index (χ1v) is 37.7. The van der Waals surface area contributed by atoms with E-state index in [0.717, 1.165) is 22.6 Å². The van der Waals surface area contributed by atoms with Crippen molar-refractivity contribution in [3.63, 3.8) is 0 Å². The highest BCUT2D eigenvalue weighted by molar-refractivity contribution is 6.77. The van der Waals surface area contributed by atoms with Crippen LogP contribution in [0.3, 0.4) is 0 Å². The van der Waals surface area contributed by atoms with Gasteiger partial charge in [-0.1, -0.05) is 111 Å². The third-order valence-corrected chi connectivity index (χ3v) is 36.8. The molecule has 2 aromatic rings. The van der Waals surface area contributed by atoms with Gasteiger partial charge in [-0.25, -0.2) is 0 Å². The van der Waals surface area contributed by atoms with Crippen LogP contribution in [-0.4, -0.2) is 53.7 Å². The molecule has 0 amide bonds. The van der Waals surface area contributed by atoms with Gasteiger partial charge in [0.1, 0.15) is 34.9 Å². The third-order valence-electron chi connectivity index (χ3n) is 15.1. The molecule has 354 valence electrons. The molecule has 0 saturated carbocycles. The fraction of sp³-hybridized carbons (Fsp3) is 0.735. The molecule has 1 aliphatic rings. The summed E-state index contributed by atoms with van der Waals surface area (Å²) in [5, 5.41) is -0.372. The fourth-order valence-electron chi connectivity index (χ4n) is 5.54. The Labute approximate surface area is 384 Å². The van der Waals surface area contributed by atoms with E-state index in [0.29, 0.717) is 42.3 Å². The number of carbonyl (C=O) groups is 1. The predicted octanol–water partition coefficient (Wildman–Crippen LogP) is 16.0. The molecular formula is C49H90O8Si5. The summed E-state index contributed by atoms with van der Waals surface area (Å²) in [4.78, 5) is 13.6. The number of esters is 1. The number of rotatable bonds is 14. The quantitative estimate of drug-likeness (QED) is 0.137. The first-order chi connectivity index (χ1) is 27.5. The summed E-state index contributed by atoms with van der Waals surface area (Å²) in [6, 6.07) is 8.25. The van der Waals surface area contributed by atoms with E-state index in [-0.39, 0.29) is 31.2 Å². The van der Waals surface area contributed by atoms with Gasteiger partial charge in [0, 0.05) is 36.1 Å². The summed E-state index contributed by atoms with van der Waals surface area (Å²) in [6.45, 7) is 58.4. The molecule has 0 aliphatic carbocycles. The van der Waals surface area contributed by atoms with Gasteiger partial charge in [-0.2, -0.15) is 0 Å². The van der Waals surface area contributed by atoms with Crippen molar-refractivity contribution >= 4 is 47.6 Å². The number of hydrogen-bond acceptors (Lipinski definition) is 8. The lowest BCUT2D eigenvalue weighted by Crippen LogP contribution is -2.47. The smallest absolute Gasteiger partial charge is 0.306 e. The molecule has 2 atom stereocenters. The maximum absolute atomic E-state index is 13.6. The van der Waals surface area contributed by atoms with Crippen LogP contribution < -0.4 is 26.9 Å². The van der Waals surface area contributed by atoms with Gasteiger partial charge in [0.05, 0.1) is 0 Å². The van der Waals surface area contributed by atoms with Crippen LogP contribution in [0, 0.1) is 0 Å². The summed E-state index contributed by atoms with van der Waals surface area (Å²) >= 11 is 0. The summed E-state index contributed by atoms with van der Waals surface area (Å²) < 4.78 is 49.9. The van der Waals surface area contributed by atoms with Crippen LogP contribution in [0.25, 0.3) is 0 Å². The van der Waals surface area contributed by atoms with E-state index in [4.69, 9.17) is 31.6 Å². The zero-order valence-electron chi connectivity index (χ0n) is 44.4. The maximum Gasteiger partial charge on any atom is 0.306 e. The second kappa shape index (κ2) is 17.9. The molecule has 0 unspecified atom stereocenters. The molecule has 1 heterocycles. The van der Waals surface area contributed by atoms with Crippen molar-refractivity contribution in [1.29, 1.82) is 0 Å². The van der Waals surface area contributed by atoms with Crippen molar-refractivity contribution in [1.82, 2.24) is 0 Å². The van der Waals surface area contributed by atoms with E-state index < -0.39 is 53.8 Å². The summed E-state index contributed by atoms with van der Waals surface area (Å²) in [5.41, 5.74) is 1.69. The largest absolute Gasteiger partial charge is 0.543 e. The normalized spacial score (nSPS) is 17.5. The highest BCUT2D eigenvalue weighted by Gasteiger charge is 2.48. The molecule has 3 rings (SSSR count).